The van der Waals surface area contributed by atoms with Crippen molar-refractivity contribution >= 4 is 6.29 Å². The Hall–Kier alpha value is -2.42. The van der Waals surface area contributed by atoms with Crippen molar-refractivity contribution in [2.45, 2.75) is 19.1 Å². The van der Waals surface area contributed by atoms with Crippen LogP contribution in [0.5, 0.6) is 0 Å². The minimum atomic E-state index is -4.64. The van der Waals surface area contributed by atoms with Gasteiger partial charge in [0.05, 0.1) is 11.4 Å². The van der Waals surface area contributed by atoms with Crippen molar-refractivity contribution in [1.82, 2.24) is 20.5 Å². The number of fused-ring (bicyclic) bond motifs is 1. The zero-order valence-corrected chi connectivity index (χ0v) is 11.8. The van der Waals surface area contributed by atoms with Crippen LogP contribution >= 0.6 is 0 Å². The van der Waals surface area contributed by atoms with E-state index in [4.69, 9.17) is 4.79 Å². The van der Waals surface area contributed by atoms with E-state index in [0.717, 1.165) is 36.5 Å². The Morgan fingerprint density at radius 2 is 1.74 bits per heavy atom. The van der Waals surface area contributed by atoms with Crippen molar-refractivity contribution in [1.29, 1.82) is 0 Å². The Bertz CT molecular complexity index is 673. The molecule has 0 unspecified atom stereocenters. The number of halogens is 4. The van der Waals surface area contributed by atoms with Crippen LogP contribution < -0.4 is 5.32 Å². The summed E-state index contributed by atoms with van der Waals surface area (Å²) in [6.07, 6.45) is -4.84. The molecule has 5 nitrogen and oxygen atoms in total. The number of hydrogen-bond donors (Lipinski definition) is 1. The van der Waals surface area contributed by atoms with Gasteiger partial charge in [-0.15, -0.1) is 5.10 Å². The average molecular weight is 328 g/mol. The second-order valence-corrected chi connectivity index (χ2v) is 4.62. The van der Waals surface area contributed by atoms with Crippen LogP contribution in [0.4, 0.5) is 17.6 Å². The van der Waals surface area contributed by atoms with E-state index in [2.05, 4.69) is 20.5 Å². The number of aromatic nitrogens is 3. The van der Waals surface area contributed by atoms with Crippen LogP contribution in [0, 0.1) is 5.82 Å². The first-order valence-electron chi connectivity index (χ1n) is 6.61. The van der Waals surface area contributed by atoms with E-state index in [0.29, 0.717) is 5.82 Å². The molecule has 0 fully saturated rings. The molecule has 0 saturated heterocycles. The number of nitrogens with one attached hydrogen (secondary N) is 1. The molecule has 1 aromatic heterocycles. The maximum absolute atomic E-state index is 12.8. The first-order valence-corrected chi connectivity index (χ1v) is 6.61. The van der Waals surface area contributed by atoms with Crippen LogP contribution in [0.25, 0.3) is 11.4 Å². The minimum absolute atomic E-state index is 0.263. The van der Waals surface area contributed by atoms with Gasteiger partial charge in [-0.2, -0.15) is 18.3 Å². The molecular weight excluding hydrogens is 316 g/mol. The molecule has 0 bridgehead atoms. The molecule has 2 heterocycles. The molecule has 1 aromatic carbocycles. The van der Waals surface area contributed by atoms with E-state index < -0.39 is 12.5 Å². The number of benzene rings is 1. The van der Waals surface area contributed by atoms with Gasteiger partial charge in [-0.05, 0) is 24.3 Å². The molecule has 0 spiro atoms. The zero-order chi connectivity index (χ0) is 16.9. The number of hydrogen-bond acceptors (Lipinski definition) is 5. The van der Waals surface area contributed by atoms with Crippen molar-refractivity contribution in [2.75, 3.05) is 6.54 Å². The van der Waals surface area contributed by atoms with E-state index >= 15 is 0 Å². The number of aldehydes is 1. The fraction of sp³-hybridized carbons (Fsp3) is 0.286. The van der Waals surface area contributed by atoms with Gasteiger partial charge in [0.2, 0.25) is 6.29 Å². The van der Waals surface area contributed by atoms with Gasteiger partial charge in [0.25, 0.3) is 0 Å². The lowest BCUT2D eigenvalue weighted by Crippen LogP contribution is -2.26. The Labute approximate surface area is 128 Å². The Morgan fingerprint density at radius 3 is 2.35 bits per heavy atom. The Kier molecular flexibility index (Phi) is 5.32. The average Bonchev–Trinajstić information content (AvgIpc) is 2.55. The number of carbonyl (C=O) groups is 1. The molecule has 1 aliphatic rings. The van der Waals surface area contributed by atoms with Crippen molar-refractivity contribution in [3.05, 3.63) is 41.5 Å². The van der Waals surface area contributed by atoms with Crippen molar-refractivity contribution in [3.8, 4) is 11.4 Å². The fourth-order valence-corrected chi connectivity index (χ4v) is 1.85. The van der Waals surface area contributed by atoms with Gasteiger partial charge in [-0.1, -0.05) is 0 Å². The molecule has 1 N–H and O–H groups in total. The summed E-state index contributed by atoms with van der Waals surface area (Å²) in [7, 11) is 0. The maximum Gasteiger partial charge on any atom is 0.446 e. The minimum Gasteiger partial charge on any atom is -0.311 e. The van der Waals surface area contributed by atoms with Crippen LogP contribution in [-0.4, -0.2) is 34.2 Å². The van der Waals surface area contributed by atoms with Gasteiger partial charge in [-0.3, -0.25) is 4.79 Å². The van der Waals surface area contributed by atoms with Gasteiger partial charge < -0.3 is 5.32 Å². The molecular formula is C14H12F4N4O. The smallest absolute Gasteiger partial charge is 0.311 e. The zero-order valence-electron chi connectivity index (χ0n) is 11.8. The van der Waals surface area contributed by atoms with Crippen LogP contribution in [0.1, 0.15) is 11.4 Å². The van der Waals surface area contributed by atoms with Crippen molar-refractivity contribution in [3.63, 3.8) is 0 Å². The summed E-state index contributed by atoms with van der Waals surface area (Å²) < 4.78 is 44.1. The summed E-state index contributed by atoms with van der Waals surface area (Å²) in [6.45, 7) is 1.64. The molecule has 0 aliphatic carbocycles. The second-order valence-electron chi connectivity index (χ2n) is 4.62. The second kappa shape index (κ2) is 7.23. The summed E-state index contributed by atoms with van der Waals surface area (Å²) in [6, 6.07) is 6.12. The highest BCUT2D eigenvalue weighted by atomic mass is 19.4. The van der Waals surface area contributed by atoms with E-state index in [1.807, 2.05) is 0 Å². The summed E-state index contributed by atoms with van der Waals surface area (Å²) >= 11 is 0. The van der Waals surface area contributed by atoms with Crippen LogP contribution in [-0.2, 0) is 17.8 Å². The molecule has 0 radical (unpaired) electrons. The topological polar surface area (TPSA) is 67.8 Å². The van der Waals surface area contributed by atoms with Gasteiger partial charge >= 0.3 is 6.18 Å². The summed E-state index contributed by atoms with van der Waals surface area (Å²) in [4.78, 5) is 13.2. The summed E-state index contributed by atoms with van der Waals surface area (Å²) in [5.41, 5.74) is 2.67. The maximum atomic E-state index is 12.8. The Balaban J connectivity index is 0.000000277. The lowest BCUT2D eigenvalue weighted by Gasteiger charge is -2.14. The highest BCUT2D eigenvalue weighted by Gasteiger charge is 2.24. The van der Waals surface area contributed by atoms with Gasteiger partial charge in [0.15, 0.2) is 5.82 Å². The molecule has 9 heteroatoms. The van der Waals surface area contributed by atoms with E-state index in [1.165, 1.54) is 12.1 Å². The predicted molar refractivity (Wildman–Crippen MR) is 72.8 cm³/mol. The largest absolute Gasteiger partial charge is 0.446 e. The Morgan fingerprint density at radius 1 is 1.09 bits per heavy atom. The van der Waals surface area contributed by atoms with Crippen LogP contribution in [0.15, 0.2) is 24.3 Å². The normalized spacial score (nSPS) is 13.6. The third-order valence-electron chi connectivity index (χ3n) is 2.91. The quantitative estimate of drug-likeness (QED) is 0.641. The number of rotatable bonds is 1. The lowest BCUT2D eigenvalue weighted by atomic mass is 10.1. The third-order valence-corrected chi connectivity index (χ3v) is 2.91. The highest BCUT2D eigenvalue weighted by Crippen LogP contribution is 2.17. The van der Waals surface area contributed by atoms with Crippen molar-refractivity contribution < 1.29 is 22.4 Å². The van der Waals surface area contributed by atoms with Gasteiger partial charge in [0.1, 0.15) is 5.82 Å². The molecule has 1 aliphatic heterocycles. The monoisotopic (exact) mass is 328 g/mol. The first-order chi connectivity index (χ1) is 10.9. The summed E-state index contributed by atoms with van der Waals surface area (Å²) in [5, 5.41) is 11.5. The number of carbonyl (C=O) groups excluding carboxylic acids is 1. The highest BCUT2D eigenvalue weighted by molar-refractivity contribution is 5.56. The molecule has 122 valence electrons. The standard InChI is InChI=1S/C12H11FN4.C2HF3O/c13-9-3-1-8(2-4-9)12-15-11-7-14-6-5-10(11)16-17-12;3-2(4,5)1-6/h1-4,14H,5-7H2;1H. The van der Waals surface area contributed by atoms with E-state index in [-0.39, 0.29) is 5.82 Å². The molecule has 0 amide bonds. The molecule has 0 saturated carbocycles. The number of nitrogens with zero attached hydrogens (tertiary/aromatic N) is 3. The molecule has 23 heavy (non-hydrogen) atoms. The number of alkyl halides is 3. The van der Waals surface area contributed by atoms with Gasteiger partial charge in [-0.25, -0.2) is 9.37 Å². The predicted octanol–water partition coefficient (Wildman–Crippen LogP) is 2.07. The SMILES string of the molecule is Fc1ccc(-c2nnc3c(n2)CNCC3)cc1.O=CC(F)(F)F. The molecule has 0 atom stereocenters. The fourth-order valence-electron chi connectivity index (χ4n) is 1.85. The summed E-state index contributed by atoms with van der Waals surface area (Å²) in [5.74, 6) is 0.286. The molecule has 2 aromatic rings. The first kappa shape index (κ1) is 16.9. The van der Waals surface area contributed by atoms with Crippen LogP contribution in [0.2, 0.25) is 0 Å². The van der Waals surface area contributed by atoms with E-state index in [9.17, 15) is 17.6 Å². The van der Waals surface area contributed by atoms with Crippen LogP contribution in [0.3, 0.4) is 0 Å². The third kappa shape index (κ3) is 5.06. The van der Waals surface area contributed by atoms with Crippen molar-refractivity contribution in [2.24, 2.45) is 0 Å². The molecule has 3 rings (SSSR count). The lowest BCUT2D eigenvalue weighted by molar-refractivity contribution is -0.156. The van der Waals surface area contributed by atoms with E-state index in [1.54, 1.807) is 12.1 Å². The van der Waals surface area contributed by atoms with Gasteiger partial charge in [0, 0.05) is 25.1 Å².